The molecule has 1 aliphatic carbocycles. The highest BCUT2D eigenvalue weighted by molar-refractivity contribution is 7.98. The molecular formula is C18H21N3O2S. The number of carbonyl (C=O) groups excluding carboxylic acids is 1. The van der Waals surface area contributed by atoms with Crippen molar-refractivity contribution < 1.29 is 9.90 Å². The van der Waals surface area contributed by atoms with Crippen molar-refractivity contribution in [2.45, 2.75) is 36.1 Å². The summed E-state index contributed by atoms with van der Waals surface area (Å²) in [5.41, 5.74) is 0.621. The first-order chi connectivity index (χ1) is 11.6. The fourth-order valence-corrected chi connectivity index (χ4v) is 3.42. The third-order valence-corrected chi connectivity index (χ3v) is 5.21. The van der Waals surface area contributed by atoms with E-state index in [-0.39, 0.29) is 18.4 Å². The first-order valence-corrected chi connectivity index (χ1v) is 9.03. The van der Waals surface area contributed by atoms with Gasteiger partial charge in [0.1, 0.15) is 5.03 Å². The number of rotatable bonds is 7. The Morgan fingerprint density at radius 1 is 1.29 bits per heavy atom. The lowest BCUT2D eigenvalue weighted by Crippen LogP contribution is -2.42. The molecule has 3 rings (SSSR count). The van der Waals surface area contributed by atoms with Gasteiger partial charge in [-0.15, -0.1) is 0 Å². The number of nitrogens with one attached hydrogen (secondary N) is 1. The Kier molecular flexibility index (Phi) is 5.16. The summed E-state index contributed by atoms with van der Waals surface area (Å²) in [4.78, 5) is 20.9. The van der Waals surface area contributed by atoms with Crippen LogP contribution in [0.25, 0.3) is 0 Å². The zero-order chi connectivity index (χ0) is 17.0. The van der Waals surface area contributed by atoms with Crippen molar-refractivity contribution in [3.05, 3.63) is 54.0 Å². The molecule has 1 fully saturated rings. The Labute approximate surface area is 145 Å². The average molecular weight is 343 g/mol. The molecule has 126 valence electrons. The SMILES string of the molecule is CC(O)(CNC(=O)c1nccnc1SCc1ccccc1)C1CC1. The van der Waals surface area contributed by atoms with E-state index in [0.717, 1.165) is 24.2 Å². The van der Waals surface area contributed by atoms with Crippen LogP contribution >= 0.6 is 11.8 Å². The molecule has 1 saturated carbocycles. The normalized spacial score (nSPS) is 16.4. The van der Waals surface area contributed by atoms with E-state index in [1.165, 1.54) is 18.0 Å². The number of amides is 1. The molecule has 0 saturated heterocycles. The molecular weight excluding hydrogens is 322 g/mol. The number of aliphatic hydroxyl groups is 1. The monoisotopic (exact) mass is 343 g/mol. The Hall–Kier alpha value is -1.92. The number of nitrogens with zero attached hydrogens (tertiary/aromatic N) is 2. The molecule has 6 heteroatoms. The quantitative estimate of drug-likeness (QED) is 0.756. The van der Waals surface area contributed by atoms with Gasteiger partial charge in [0.05, 0.1) is 5.60 Å². The van der Waals surface area contributed by atoms with Crippen LogP contribution in [-0.4, -0.2) is 33.1 Å². The second-order valence-electron chi connectivity index (χ2n) is 6.30. The lowest BCUT2D eigenvalue weighted by Gasteiger charge is -2.23. The van der Waals surface area contributed by atoms with Gasteiger partial charge in [-0.05, 0) is 31.2 Å². The van der Waals surface area contributed by atoms with E-state index < -0.39 is 5.60 Å². The van der Waals surface area contributed by atoms with Gasteiger partial charge < -0.3 is 10.4 Å². The van der Waals surface area contributed by atoms with Gasteiger partial charge in [0.2, 0.25) is 0 Å². The van der Waals surface area contributed by atoms with Crippen LogP contribution in [-0.2, 0) is 5.75 Å². The van der Waals surface area contributed by atoms with Crippen molar-refractivity contribution in [2.24, 2.45) is 5.92 Å². The van der Waals surface area contributed by atoms with Crippen LogP contribution in [0.5, 0.6) is 0 Å². The Balaban J connectivity index is 1.63. The van der Waals surface area contributed by atoms with Crippen LogP contribution in [0, 0.1) is 5.92 Å². The summed E-state index contributed by atoms with van der Waals surface area (Å²) in [6, 6.07) is 10.0. The molecule has 1 atom stereocenters. The smallest absolute Gasteiger partial charge is 0.272 e. The summed E-state index contributed by atoms with van der Waals surface area (Å²) >= 11 is 1.48. The summed E-state index contributed by atoms with van der Waals surface area (Å²) in [5, 5.41) is 13.7. The Morgan fingerprint density at radius 3 is 2.71 bits per heavy atom. The lowest BCUT2D eigenvalue weighted by atomic mass is 10.0. The molecule has 2 N–H and O–H groups in total. The van der Waals surface area contributed by atoms with Crippen LogP contribution in [0.3, 0.4) is 0 Å². The molecule has 0 aliphatic heterocycles. The predicted octanol–water partition coefficient (Wildman–Crippen LogP) is 2.66. The summed E-state index contributed by atoms with van der Waals surface area (Å²) in [6.07, 6.45) is 5.14. The van der Waals surface area contributed by atoms with Crippen molar-refractivity contribution >= 4 is 17.7 Å². The summed E-state index contributed by atoms with van der Waals surface area (Å²) in [7, 11) is 0. The molecule has 24 heavy (non-hydrogen) atoms. The number of aromatic nitrogens is 2. The fourth-order valence-electron chi connectivity index (χ4n) is 2.51. The minimum Gasteiger partial charge on any atom is -0.388 e. The molecule has 5 nitrogen and oxygen atoms in total. The standard InChI is InChI=1S/C18H21N3O2S/c1-18(23,14-7-8-14)12-21-16(22)15-17(20-10-9-19-15)24-11-13-5-3-2-4-6-13/h2-6,9-10,14,23H,7-8,11-12H2,1H3,(H,21,22). The maximum Gasteiger partial charge on any atom is 0.272 e. The van der Waals surface area contributed by atoms with Crippen molar-refractivity contribution in [3.8, 4) is 0 Å². The topological polar surface area (TPSA) is 75.1 Å². The number of benzene rings is 1. The van der Waals surface area contributed by atoms with Crippen molar-refractivity contribution in [2.75, 3.05) is 6.54 Å². The first-order valence-electron chi connectivity index (χ1n) is 8.04. The van der Waals surface area contributed by atoms with Gasteiger partial charge in [-0.1, -0.05) is 42.1 Å². The number of thioether (sulfide) groups is 1. The molecule has 1 amide bonds. The van der Waals surface area contributed by atoms with Crippen molar-refractivity contribution in [3.63, 3.8) is 0 Å². The maximum absolute atomic E-state index is 12.4. The number of hydrogen-bond donors (Lipinski definition) is 2. The second kappa shape index (κ2) is 7.32. The van der Waals surface area contributed by atoms with E-state index in [9.17, 15) is 9.90 Å². The largest absolute Gasteiger partial charge is 0.388 e. The molecule has 2 aromatic rings. The van der Waals surface area contributed by atoms with Crippen molar-refractivity contribution in [1.82, 2.24) is 15.3 Å². The molecule has 0 spiro atoms. The molecule has 1 heterocycles. The van der Waals surface area contributed by atoms with Gasteiger partial charge in [-0.2, -0.15) is 0 Å². The third kappa shape index (κ3) is 4.33. The second-order valence-corrected chi connectivity index (χ2v) is 7.26. The van der Waals surface area contributed by atoms with Gasteiger partial charge in [0.15, 0.2) is 5.69 Å². The molecule has 0 bridgehead atoms. The highest BCUT2D eigenvalue weighted by Gasteiger charge is 2.40. The van der Waals surface area contributed by atoms with E-state index in [2.05, 4.69) is 15.3 Å². The van der Waals surface area contributed by atoms with E-state index in [1.54, 1.807) is 13.1 Å². The summed E-state index contributed by atoms with van der Waals surface area (Å²) in [5.74, 6) is 0.714. The zero-order valence-electron chi connectivity index (χ0n) is 13.6. The van der Waals surface area contributed by atoms with E-state index in [0.29, 0.717) is 10.7 Å². The van der Waals surface area contributed by atoms with Crippen LogP contribution in [0.2, 0.25) is 0 Å². The van der Waals surface area contributed by atoms with Gasteiger partial charge in [-0.25, -0.2) is 9.97 Å². The molecule has 1 aliphatic rings. The molecule has 1 aromatic heterocycles. The Bertz CT molecular complexity index is 702. The number of hydrogen-bond acceptors (Lipinski definition) is 5. The van der Waals surface area contributed by atoms with Gasteiger partial charge in [0.25, 0.3) is 5.91 Å². The fraction of sp³-hybridized carbons (Fsp3) is 0.389. The van der Waals surface area contributed by atoms with E-state index >= 15 is 0 Å². The molecule has 1 aromatic carbocycles. The summed E-state index contributed by atoms with van der Waals surface area (Å²) in [6.45, 7) is 2.00. The third-order valence-electron chi connectivity index (χ3n) is 4.16. The van der Waals surface area contributed by atoms with Crippen LogP contribution in [0.1, 0.15) is 35.8 Å². The molecule has 1 unspecified atom stereocenters. The lowest BCUT2D eigenvalue weighted by molar-refractivity contribution is 0.0353. The van der Waals surface area contributed by atoms with Gasteiger partial charge >= 0.3 is 0 Å². The number of carbonyl (C=O) groups is 1. The van der Waals surface area contributed by atoms with Gasteiger partial charge in [-0.3, -0.25) is 4.79 Å². The van der Waals surface area contributed by atoms with Crippen molar-refractivity contribution in [1.29, 1.82) is 0 Å². The van der Waals surface area contributed by atoms with Crippen LogP contribution < -0.4 is 5.32 Å². The van der Waals surface area contributed by atoms with Crippen LogP contribution in [0.15, 0.2) is 47.8 Å². The van der Waals surface area contributed by atoms with Crippen LogP contribution in [0.4, 0.5) is 0 Å². The highest BCUT2D eigenvalue weighted by Crippen LogP contribution is 2.39. The predicted molar refractivity (Wildman–Crippen MR) is 93.7 cm³/mol. The maximum atomic E-state index is 12.4. The average Bonchev–Trinajstić information content (AvgIpc) is 3.45. The zero-order valence-corrected chi connectivity index (χ0v) is 14.4. The highest BCUT2D eigenvalue weighted by atomic mass is 32.2. The Morgan fingerprint density at radius 2 is 2.00 bits per heavy atom. The van der Waals surface area contributed by atoms with E-state index in [4.69, 9.17) is 0 Å². The molecule has 0 radical (unpaired) electrons. The van der Waals surface area contributed by atoms with Gasteiger partial charge in [0, 0.05) is 24.7 Å². The first kappa shape index (κ1) is 16.9. The van der Waals surface area contributed by atoms with E-state index in [1.807, 2.05) is 30.3 Å². The minimum atomic E-state index is -0.852. The minimum absolute atomic E-state index is 0.232. The summed E-state index contributed by atoms with van der Waals surface area (Å²) < 4.78 is 0.